The molecule has 0 unspecified atom stereocenters. The lowest BCUT2D eigenvalue weighted by molar-refractivity contribution is -0.709. The number of esters is 1. The van der Waals surface area contributed by atoms with Gasteiger partial charge in [0.1, 0.15) is 0 Å². The highest BCUT2D eigenvalue weighted by Gasteiger charge is 2.26. The van der Waals surface area contributed by atoms with Crippen molar-refractivity contribution in [2.24, 2.45) is 0 Å². The van der Waals surface area contributed by atoms with Crippen LogP contribution in [0, 0.1) is 0 Å². The summed E-state index contributed by atoms with van der Waals surface area (Å²) in [5.74, 6) is -0.166. The molecule has 3 heteroatoms. The van der Waals surface area contributed by atoms with Gasteiger partial charge in [-0.2, -0.15) is 4.57 Å². The minimum atomic E-state index is -0.241. The fraction of sp³-hybridized carbons (Fsp3) is 0.333. The molecule has 0 radical (unpaired) electrons. The number of fused-ring (bicyclic) bond motifs is 1. The van der Waals surface area contributed by atoms with Gasteiger partial charge in [-0.15, -0.1) is 0 Å². The van der Waals surface area contributed by atoms with E-state index in [9.17, 15) is 4.79 Å². The molecule has 0 bridgehead atoms. The maximum atomic E-state index is 11.9. The third-order valence-electron chi connectivity index (χ3n) is 3.02. The number of pyridine rings is 1. The molecule has 0 saturated carbocycles. The summed E-state index contributed by atoms with van der Waals surface area (Å²) in [4.78, 5) is 11.9. The van der Waals surface area contributed by atoms with E-state index in [1.54, 1.807) is 0 Å². The quantitative estimate of drug-likeness (QED) is 0.611. The smallest absolute Gasteiger partial charge is 0.375 e. The number of benzene rings is 1. The van der Waals surface area contributed by atoms with E-state index in [0.29, 0.717) is 6.61 Å². The molecular formula is C15H18NO2+. The van der Waals surface area contributed by atoms with Crippen LogP contribution >= 0.6 is 0 Å². The van der Waals surface area contributed by atoms with Crippen LogP contribution in [0.4, 0.5) is 0 Å². The Morgan fingerprint density at radius 2 is 1.94 bits per heavy atom. The van der Waals surface area contributed by atoms with Gasteiger partial charge in [-0.3, -0.25) is 0 Å². The number of ether oxygens (including phenoxy) is 1. The third-order valence-corrected chi connectivity index (χ3v) is 3.02. The first-order valence-corrected chi connectivity index (χ1v) is 6.32. The minimum Gasteiger partial charge on any atom is -0.461 e. The van der Waals surface area contributed by atoms with Crippen molar-refractivity contribution in [3.05, 3.63) is 42.7 Å². The maximum absolute atomic E-state index is 11.9. The average molecular weight is 244 g/mol. The van der Waals surface area contributed by atoms with Gasteiger partial charge in [0.2, 0.25) is 0 Å². The second kappa shape index (κ2) is 5.63. The number of aromatic nitrogens is 1. The van der Waals surface area contributed by atoms with Gasteiger partial charge < -0.3 is 4.74 Å². The molecule has 1 aromatic heterocycles. The summed E-state index contributed by atoms with van der Waals surface area (Å²) in [6, 6.07) is 9.90. The Morgan fingerprint density at radius 3 is 2.61 bits per heavy atom. The van der Waals surface area contributed by atoms with E-state index in [1.807, 2.05) is 55.1 Å². The van der Waals surface area contributed by atoms with Gasteiger partial charge in [0.15, 0.2) is 12.4 Å². The molecule has 3 nitrogen and oxygen atoms in total. The van der Waals surface area contributed by atoms with Crippen molar-refractivity contribution in [1.29, 1.82) is 0 Å². The molecule has 0 aliphatic carbocycles. The van der Waals surface area contributed by atoms with Gasteiger partial charge in [0.05, 0.1) is 6.61 Å². The van der Waals surface area contributed by atoms with Crippen molar-refractivity contribution in [3.63, 3.8) is 0 Å². The molecule has 1 heterocycles. The second-order valence-corrected chi connectivity index (χ2v) is 4.20. The largest absolute Gasteiger partial charge is 0.461 e. The van der Waals surface area contributed by atoms with Gasteiger partial charge in [-0.1, -0.05) is 25.1 Å². The van der Waals surface area contributed by atoms with Gasteiger partial charge in [-0.05, 0) is 18.4 Å². The van der Waals surface area contributed by atoms with Crippen LogP contribution < -0.4 is 4.57 Å². The lowest BCUT2D eigenvalue weighted by atomic mass is 10.1. The molecule has 0 aliphatic heterocycles. The van der Waals surface area contributed by atoms with Crippen molar-refractivity contribution < 1.29 is 14.1 Å². The lowest BCUT2D eigenvalue weighted by Gasteiger charge is -2.09. The van der Waals surface area contributed by atoms with Crippen LogP contribution in [0.15, 0.2) is 42.7 Å². The molecule has 18 heavy (non-hydrogen) atoms. The van der Waals surface area contributed by atoms with Crippen LogP contribution in [-0.4, -0.2) is 12.6 Å². The highest BCUT2D eigenvalue weighted by Crippen LogP contribution is 2.12. The Balaban J connectivity index is 2.36. The Hall–Kier alpha value is -1.90. The molecular weight excluding hydrogens is 226 g/mol. The van der Waals surface area contributed by atoms with Gasteiger partial charge in [0.25, 0.3) is 6.04 Å². The topological polar surface area (TPSA) is 30.2 Å². The summed E-state index contributed by atoms with van der Waals surface area (Å²) in [7, 11) is 0. The standard InChI is InChI=1S/C15H18NO2/c1-3-14(15(17)18-4-2)16-10-9-12-7-5-6-8-13(12)11-16/h5-11,14H,3-4H2,1-2H3/q+1/t14-/m0/s1. The number of nitrogens with zero attached hydrogens (tertiary/aromatic N) is 1. The van der Waals surface area contributed by atoms with E-state index in [2.05, 4.69) is 6.07 Å². The molecule has 2 rings (SSSR count). The Morgan fingerprint density at radius 1 is 1.22 bits per heavy atom. The van der Waals surface area contributed by atoms with Crippen LogP contribution in [0.25, 0.3) is 10.8 Å². The summed E-state index contributed by atoms with van der Waals surface area (Å²) in [6.45, 7) is 4.24. The first kappa shape index (κ1) is 12.6. The molecule has 0 amide bonds. The first-order valence-electron chi connectivity index (χ1n) is 6.32. The van der Waals surface area contributed by atoms with Crippen LogP contribution in [0.5, 0.6) is 0 Å². The predicted octanol–water partition coefficient (Wildman–Crippen LogP) is 2.64. The van der Waals surface area contributed by atoms with Crippen molar-refractivity contribution >= 4 is 16.7 Å². The minimum absolute atomic E-state index is 0.166. The third kappa shape index (κ3) is 2.50. The average Bonchev–Trinajstić information content (AvgIpc) is 2.40. The maximum Gasteiger partial charge on any atom is 0.375 e. The fourth-order valence-electron chi connectivity index (χ4n) is 2.08. The van der Waals surface area contributed by atoms with Crippen molar-refractivity contribution in [1.82, 2.24) is 0 Å². The van der Waals surface area contributed by atoms with Gasteiger partial charge in [-0.25, -0.2) is 4.79 Å². The second-order valence-electron chi connectivity index (χ2n) is 4.20. The molecule has 94 valence electrons. The van der Waals surface area contributed by atoms with Crippen molar-refractivity contribution in [2.45, 2.75) is 26.3 Å². The summed E-state index contributed by atoms with van der Waals surface area (Å²) < 4.78 is 7.03. The van der Waals surface area contributed by atoms with Crippen LogP contribution in [0.2, 0.25) is 0 Å². The number of hydrogen-bond donors (Lipinski definition) is 0. The zero-order chi connectivity index (χ0) is 13.0. The highest BCUT2D eigenvalue weighted by atomic mass is 16.5. The van der Waals surface area contributed by atoms with Crippen molar-refractivity contribution in [2.75, 3.05) is 6.61 Å². The van der Waals surface area contributed by atoms with Crippen molar-refractivity contribution in [3.8, 4) is 0 Å². The Bertz CT molecular complexity index is 551. The molecule has 0 aliphatic rings. The zero-order valence-electron chi connectivity index (χ0n) is 10.8. The molecule has 0 saturated heterocycles. The molecule has 1 aromatic carbocycles. The first-order chi connectivity index (χ1) is 8.76. The van der Waals surface area contributed by atoms with E-state index < -0.39 is 0 Å². The SMILES string of the molecule is CCOC(=O)[C@H](CC)[n+]1ccc2ccccc2c1. The normalized spacial score (nSPS) is 12.3. The fourth-order valence-corrected chi connectivity index (χ4v) is 2.08. The molecule has 1 atom stereocenters. The lowest BCUT2D eigenvalue weighted by Crippen LogP contribution is -2.43. The summed E-state index contributed by atoms with van der Waals surface area (Å²) in [5, 5.41) is 2.30. The molecule has 0 N–H and O–H groups in total. The van der Waals surface area contributed by atoms with Crippen LogP contribution in [-0.2, 0) is 9.53 Å². The van der Waals surface area contributed by atoms with Gasteiger partial charge >= 0.3 is 5.97 Å². The summed E-state index contributed by atoms with van der Waals surface area (Å²) >= 11 is 0. The zero-order valence-corrected chi connectivity index (χ0v) is 10.8. The Kier molecular flexibility index (Phi) is 3.92. The van der Waals surface area contributed by atoms with Crippen LogP contribution in [0.3, 0.4) is 0 Å². The summed E-state index contributed by atoms with van der Waals surface area (Å²) in [6.07, 6.45) is 4.66. The number of rotatable bonds is 4. The Labute approximate surface area is 107 Å². The highest BCUT2D eigenvalue weighted by molar-refractivity contribution is 5.80. The molecule has 0 fully saturated rings. The monoisotopic (exact) mass is 244 g/mol. The molecule has 0 spiro atoms. The van der Waals surface area contributed by atoms with E-state index in [4.69, 9.17) is 4.74 Å². The summed E-state index contributed by atoms with van der Waals surface area (Å²) in [5.41, 5.74) is 0. The van der Waals surface area contributed by atoms with E-state index >= 15 is 0 Å². The predicted molar refractivity (Wildman–Crippen MR) is 70.1 cm³/mol. The van der Waals surface area contributed by atoms with Gasteiger partial charge in [0, 0.05) is 17.9 Å². The number of carbonyl (C=O) groups excluding carboxylic acids is 1. The van der Waals surface area contributed by atoms with E-state index in [1.165, 1.54) is 5.39 Å². The van der Waals surface area contributed by atoms with Crippen LogP contribution in [0.1, 0.15) is 26.3 Å². The van der Waals surface area contributed by atoms with E-state index in [0.717, 1.165) is 11.8 Å². The molecule has 2 aromatic rings. The number of hydrogen-bond acceptors (Lipinski definition) is 2. The van der Waals surface area contributed by atoms with E-state index in [-0.39, 0.29) is 12.0 Å². The number of carbonyl (C=O) groups is 1.